The Bertz CT molecular complexity index is 314. The lowest BCUT2D eigenvalue weighted by Crippen LogP contribution is -2.17. The van der Waals surface area contributed by atoms with Gasteiger partial charge in [-0.3, -0.25) is 4.79 Å². The highest BCUT2D eigenvalue weighted by Gasteiger charge is 2.04. The van der Waals surface area contributed by atoms with Crippen molar-refractivity contribution in [2.45, 2.75) is 0 Å². The minimum atomic E-state index is -0.0552. The zero-order chi connectivity index (χ0) is 9.14. The molecule has 1 rings (SSSR count). The monoisotopic (exact) mass is 339 g/mol. The Morgan fingerprint density at radius 1 is 1.58 bits per heavy atom. The molecule has 0 heterocycles. The van der Waals surface area contributed by atoms with Gasteiger partial charge in [-0.1, -0.05) is 0 Å². The Morgan fingerprint density at radius 2 is 2.25 bits per heavy atom. The molecule has 12 heavy (non-hydrogen) atoms. The van der Waals surface area contributed by atoms with Crippen LogP contribution in [0.3, 0.4) is 0 Å². The van der Waals surface area contributed by atoms with Crippen LogP contribution in [0.15, 0.2) is 22.7 Å². The molecule has 1 aromatic carbocycles. The van der Waals surface area contributed by atoms with Gasteiger partial charge in [0.05, 0.1) is 0 Å². The van der Waals surface area contributed by atoms with E-state index in [1.807, 2.05) is 12.1 Å². The van der Waals surface area contributed by atoms with E-state index in [0.717, 1.165) is 8.04 Å². The zero-order valence-electron chi connectivity index (χ0n) is 6.40. The third-order valence-corrected chi connectivity index (χ3v) is 3.73. The van der Waals surface area contributed by atoms with Crippen LogP contribution in [0.25, 0.3) is 0 Å². The summed E-state index contributed by atoms with van der Waals surface area (Å²) in [4.78, 5) is 11.1. The maximum atomic E-state index is 11.1. The van der Waals surface area contributed by atoms with Crippen molar-refractivity contribution in [3.63, 3.8) is 0 Å². The fraction of sp³-hybridized carbons (Fsp3) is 0.125. The van der Waals surface area contributed by atoms with Crippen LogP contribution >= 0.6 is 38.5 Å². The molecule has 0 bridgehead atoms. The van der Waals surface area contributed by atoms with Gasteiger partial charge in [0.1, 0.15) is 0 Å². The number of benzene rings is 1. The van der Waals surface area contributed by atoms with Crippen LogP contribution in [0, 0.1) is 3.57 Å². The minimum Gasteiger partial charge on any atom is -0.355 e. The summed E-state index contributed by atoms with van der Waals surface area (Å²) in [6.07, 6.45) is 0. The summed E-state index contributed by atoms with van der Waals surface area (Å²) >= 11 is 5.53. The molecule has 0 spiro atoms. The average molecular weight is 340 g/mol. The van der Waals surface area contributed by atoms with Gasteiger partial charge in [0.25, 0.3) is 5.91 Å². The smallest absolute Gasteiger partial charge is 0.251 e. The third kappa shape index (κ3) is 2.20. The standard InChI is InChI=1S/C8H7BrINO/c1-11-8(12)5-2-3-6(9)7(10)4-5/h2-4H,1H3,(H,11,12). The van der Waals surface area contributed by atoms with Gasteiger partial charge in [-0.05, 0) is 56.7 Å². The lowest BCUT2D eigenvalue weighted by Gasteiger charge is -2.01. The van der Waals surface area contributed by atoms with Gasteiger partial charge in [-0.2, -0.15) is 0 Å². The summed E-state index contributed by atoms with van der Waals surface area (Å²) in [5.41, 5.74) is 0.685. The van der Waals surface area contributed by atoms with Crippen molar-refractivity contribution in [1.29, 1.82) is 0 Å². The van der Waals surface area contributed by atoms with E-state index in [0.29, 0.717) is 5.56 Å². The molecular formula is C8H7BrINO. The molecular weight excluding hydrogens is 333 g/mol. The van der Waals surface area contributed by atoms with Crippen molar-refractivity contribution in [3.8, 4) is 0 Å². The van der Waals surface area contributed by atoms with Crippen LogP contribution in [0.1, 0.15) is 10.4 Å². The van der Waals surface area contributed by atoms with Crippen LogP contribution in [-0.2, 0) is 0 Å². The molecule has 0 aliphatic carbocycles. The quantitative estimate of drug-likeness (QED) is 0.782. The zero-order valence-corrected chi connectivity index (χ0v) is 10.1. The van der Waals surface area contributed by atoms with E-state index < -0.39 is 0 Å². The van der Waals surface area contributed by atoms with E-state index in [9.17, 15) is 4.79 Å². The van der Waals surface area contributed by atoms with Crippen LogP contribution < -0.4 is 5.32 Å². The first-order chi connectivity index (χ1) is 5.65. The van der Waals surface area contributed by atoms with Crippen molar-refractivity contribution >= 4 is 44.4 Å². The van der Waals surface area contributed by atoms with E-state index in [4.69, 9.17) is 0 Å². The number of carbonyl (C=O) groups is 1. The molecule has 0 unspecified atom stereocenters. The molecule has 0 aliphatic rings. The van der Waals surface area contributed by atoms with Gasteiger partial charge in [-0.15, -0.1) is 0 Å². The summed E-state index contributed by atoms with van der Waals surface area (Å²) in [7, 11) is 1.62. The van der Waals surface area contributed by atoms with Gasteiger partial charge < -0.3 is 5.32 Å². The van der Waals surface area contributed by atoms with Gasteiger partial charge in [-0.25, -0.2) is 0 Å². The van der Waals surface area contributed by atoms with Gasteiger partial charge in [0, 0.05) is 20.7 Å². The first-order valence-corrected chi connectivity index (χ1v) is 5.19. The third-order valence-electron chi connectivity index (χ3n) is 1.41. The van der Waals surface area contributed by atoms with Gasteiger partial charge in [0.2, 0.25) is 0 Å². The highest BCUT2D eigenvalue weighted by Crippen LogP contribution is 2.19. The number of hydrogen-bond donors (Lipinski definition) is 1. The largest absolute Gasteiger partial charge is 0.355 e. The van der Waals surface area contributed by atoms with E-state index in [2.05, 4.69) is 43.8 Å². The number of nitrogens with one attached hydrogen (secondary N) is 1. The minimum absolute atomic E-state index is 0.0552. The summed E-state index contributed by atoms with van der Waals surface area (Å²) in [5, 5.41) is 2.57. The lowest BCUT2D eigenvalue weighted by molar-refractivity contribution is 0.0963. The van der Waals surface area contributed by atoms with Crippen molar-refractivity contribution in [2.24, 2.45) is 0 Å². The predicted octanol–water partition coefficient (Wildman–Crippen LogP) is 2.41. The molecule has 1 N–H and O–H groups in total. The summed E-state index contributed by atoms with van der Waals surface area (Å²) in [6.45, 7) is 0. The number of amides is 1. The Hall–Kier alpha value is -0.100. The van der Waals surface area contributed by atoms with E-state index in [1.54, 1.807) is 13.1 Å². The van der Waals surface area contributed by atoms with E-state index in [-0.39, 0.29) is 5.91 Å². The Kier molecular flexibility index (Phi) is 3.52. The van der Waals surface area contributed by atoms with Gasteiger partial charge >= 0.3 is 0 Å². The van der Waals surface area contributed by atoms with Crippen molar-refractivity contribution in [1.82, 2.24) is 5.32 Å². The molecule has 0 saturated carbocycles. The van der Waals surface area contributed by atoms with Crippen LogP contribution in [0.4, 0.5) is 0 Å². The first kappa shape index (κ1) is 9.98. The van der Waals surface area contributed by atoms with Crippen molar-refractivity contribution < 1.29 is 4.79 Å². The Balaban J connectivity index is 3.05. The SMILES string of the molecule is CNC(=O)c1ccc(Br)c(I)c1. The average Bonchev–Trinajstić information content (AvgIpc) is 2.08. The Morgan fingerprint density at radius 3 is 2.75 bits per heavy atom. The predicted molar refractivity (Wildman–Crippen MR) is 60.2 cm³/mol. The molecule has 0 aliphatic heterocycles. The lowest BCUT2D eigenvalue weighted by atomic mass is 10.2. The van der Waals surface area contributed by atoms with E-state index in [1.165, 1.54) is 0 Å². The maximum Gasteiger partial charge on any atom is 0.251 e. The number of carbonyl (C=O) groups excluding carboxylic acids is 1. The normalized spacial score (nSPS) is 9.58. The van der Waals surface area contributed by atoms with Gasteiger partial charge in [0.15, 0.2) is 0 Å². The summed E-state index contributed by atoms with van der Waals surface area (Å²) < 4.78 is 2.05. The summed E-state index contributed by atoms with van der Waals surface area (Å²) in [5.74, 6) is -0.0552. The number of halogens is 2. The highest BCUT2D eigenvalue weighted by molar-refractivity contribution is 14.1. The fourth-order valence-corrected chi connectivity index (χ4v) is 1.54. The van der Waals surface area contributed by atoms with E-state index >= 15 is 0 Å². The molecule has 4 heteroatoms. The molecule has 0 aromatic heterocycles. The molecule has 0 fully saturated rings. The number of rotatable bonds is 1. The Labute approximate surface area is 93.0 Å². The van der Waals surface area contributed by atoms with Crippen molar-refractivity contribution in [3.05, 3.63) is 31.8 Å². The topological polar surface area (TPSA) is 29.1 Å². The second-order valence-electron chi connectivity index (χ2n) is 2.21. The highest BCUT2D eigenvalue weighted by atomic mass is 127. The maximum absolute atomic E-state index is 11.1. The first-order valence-electron chi connectivity index (χ1n) is 3.32. The van der Waals surface area contributed by atoms with Crippen LogP contribution in [0.5, 0.6) is 0 Å². The second kappa shape index (κ2) is 4.23. The molecule has 64 valence electrons. The molecule has 0 atom stereocenters. The molecule has 0 saturated heterocycles. The molecule has 1 amide bonds. The number of hydrogen-bond acceptors (Lipinski definition) is 1. The van der Waals surface area contributed by atoms with Crippen LogP contribution in [0.2, 0.25) is 0 Å². The van der Waals surface area contributed by atoms with Crippen LogP contribution in [-0.4, -0.2) is 13.0 Å². The second-order valence-corrected chi connectivity index (χ2v) is 4.22. The molecule has 2 nitrogen and oxygen atoms in total. The molecule has 0 radical (unpaired) electrons. The molecule has 1 aromatic rings. The van der Waals surface area contributed by atoms with Crippen molar-refractivity contribution in [2.75, 3.05) is 7.05 Å². The fourth-order valence-electron chi connectivity index (χ4n) is 0.782. The summed E-state index contributed by atoms with van der Waals surface area (Å²) in [6, 6.07) is 5.49.